The molecular formula is C38H57F6N3O4S2. The monoisotopic (exact) mass is 798 g/mol. The van der Waals surface area contributed by atoms with Gasteiger partial charge < -0.3 is 19.5 Å². The number of fused-ring (bicyclic) bond motifs is 5. The first-order valence-corrected chi connectivity index (χ1v) is 21.3. The van der Waals surface area contributed by atoms with Gasteiger partial charge in [-0.05, 0) is 125 Å². The van der Waals surface area contributed by atoms with Gasteiger partial charge in [0.2, 0.25) is 5.91 Å². The number of benzene rings is 1. The van der Waals surface area contributed by atoms with Crippen molar-refractivity contribution in [2.75, 3.05) is 65.5 Å². The van der Waals surface area contributed by atoms with E-state index in [1.807, 2.05) is 21.6 Å². The molecule has 7 atom stereocenters. The van der Waals surface area contributed by atoms with Gasteiger partial charge in [0.25, 0.3) is 5.60 Å². The van der Waals surface area contributed by atoms with Gasteiger partial charge in [-0.25, -0.2) is 0 Å². The summed E-state index contributed by atoms with van der Waals surface area (Å²) in [6.45, 7) is 3.25. The lowest BCUT2D eigenvalue weighted by Crippen LogP contribution is -2.56. The van der Waals surface area contributed by atoms with Crippen LogP contribution in [-0.4, -0.2) is 117 Å². The fourth-order valence-corrected chi connectivity index (χ4v) is 11.7. The molecule has 0 spiro atoms. The largest absolute Gasteiger partial charge is 0.494 e. The van der Waals surface area contributed by atoms with Gasteiger partial charge in [0.05, 0.1) is 20.6 Å². The molecule has 1 aliphatic heterocycles. The summed E-state index contributed by atoms with van der Waals surface area (Å²) in [5.74, 6) is 4.34. The van der Waals surface area contributed by atoms with Crippen LogP contribution < -0.4 is 10.1 Å². The van der Waals surface area contributed by atoms with Gasteiger partial charge in [0.15, 0.2) is 0 Å². The maximum absolute atomic E-state index is 13.1. The van der Waals surface area contributed by atoms with Crippen molar-refractivity contribution in [2.24, 2.45) is 17.3 Å². The van der Waals surface area contributed by atoms with Gasteiger partial charge >= 0.3 is 12.4 Å². The number of halogens is 6. The van der Waals surface area contributed by atoms with Gasteiger partial charge in [-0.2, -0.15) is 26.3 Å². The number of nitrogens with zero attached hydrogens (tertiary/aromatic N) is 2. The quantitative estimate of drug-likeness (QED) is 0.0965. The minimum atomic E-state index is -5.59. The summed E-state index contributed by atoms with van der Waals surface area (Å²) < 4.78 is 102. The zero-order chi connectivity index (χ0) is 39.3. The average Bonchev–Trinajstić information content (AvgIpc) is 3.62. The Morgan fingerprint density at radius 3 is 2.60 bits per heavy atom. The number of hydrogen-bond donors (Lipinski definition) is 1. The van der Waals surface area contributed by atoms with Crippen molar-refractivity contribution >= 4 is 27.5 Å². The van der Waals surface area contributed by atoms with Crippen molar-refractivity contribution in [3.8, 4) is 5.75 Å². The van der Waals surface area contributed by atoms with E-state index in [0.29, 0.717) is 30.4 Å². The number of hydrogen-bond acceptors (Lipinski definition) is 8. The van der Waals surface area contributed by atoms with E-state index in [1.54, 1.807) is 11.9 Å². The maximum Gasteiger partial charge on any atom is 0.426 e. The number of carbonyl (C=O) groups is 1. The van der Waals surface area contributed by atoms with Gasteiger partial charge in [0.1, 0.15) is 5.75 Å². The fourth-order valence-electron chi connectivity index (χ4n) is 9.22. The number of nitrogens with one attached hydrogen (secondary N) is 1. The topological polar surface area (TPSA) is 63.3 Å². The smallest absolute Gasteiger partial charge is 0.426 e. The van der Waals surface area contributed by atoms with Crippen LogP contribution in [0.5, 0.6) is 5.75 Å². The predicted octanol–water partition coefficient (Wildman–Crippen LogP) is 8.12. The first-order chi connectivity index (χ1) is 25.5. The Balaban J connectivity index is 1.02. The Kier molecular flexibility index (Phi) is 13.9. The Hall–Kier alpha value is -1.39. The number of ether oxygens (including phenoxy) is 3. The van der Waals surface area contributed by atoms with Crippen LogP contribution in [0.4, 0.5) is 26.3 Å². The molecule has 1 aromatic carbocycles. The van der Waals surface area contributed by atoms with Crippen LogP contribution in [0.2, 0.25) is 0 Å². The molecule has 3 unspecified atom stereocenters. The Morgan fingerprint density at radius 2 is 1.87 bits per heavy atom. The number of rotatable bonds is 17. The number of methoxy groups -OCH3 is 1. The van der Waals surface area contributed by atoms with Crippen LogP contribution in [0.15, 0.2) is 18.2 Å². The number of aryl methyl sites for hydroxylation is 1. The molecule has 1 amide bonds. The molecule has 7 nitrogen and oxygen atoms in total. The second kappa shape index (κ2) is 17.8. The summed E-state index contributed by atoms with van der Waals surface area (Å²) in [6, 6.07) is 7.14. The molecule has 3 aliphatic carbocycles. The van der Waals surface area contributed by atoms with Crippen molar-refractivity contribution in [3.63, 3.8) is 0 Å². The van der Waals surface area contributed by atoms with Gasteiger partial charge in [-0.1, -0.05) is 34.6 Å². The molecule has 2 saturated carbocycles. The van der Waals surface area contributed by atoms with Crippen LogP contribution in [0.25, 0.3) is 0 Å². The number of amides is 1. The van der Waals surface area contributed by atoms with Crippen molar-refractivity contribution in [1.29, 1.82) is 0 Å². The van der Waals surface area contributed by atoms with E-state index in [0.717, 1.165) is 75.2 Å². The normalized spacial score (nSPS) is 29.5. The molecule has 0 bridgehead atoms. The highest BCUT2D eigenvalue weighted by Crippen LogP contribution is 2.61. The molecule has 0 radical (unpaired) electrons. The molecule has 15 heteroatoms. The summed E-state index contributed by atoms with van der Waals surface area (Å²) in [5.41, 5.74) is -1.46. The maximum atomic E-state index is 13.1. The Labute approximate surface area is 320 Å². The fraction of sp³-hybridized carbons (Fsp3) is 0.816. The molecule has 1 heterocycles. The van der Waals surface area contributed by atoms with Crippen molar-refractivity contribution in [3.05, 3.63) is 29.3 Å². The van der Waals surface area contributed by atoms with E-state index in [1.165, 1.54) is 11.1 Å². The van der Waals surface area contributed by atoms with Crippen LogP contribution >= 0.6 is 21.6 Å². The standard InChI is InChI=1S/C38H57F6N3O4S2/c1-35-15-14-30-29-11-9-27(50-17-7-19-52-53-24-26-21-28(49-5)22-47(26)4)20-25(29)8-10-31(30)32(35)12-13-33(35)45-34(48)23-46(3)16-6-18-51-36(2,37(39,40)41)38(42,43)44/h9,11,20,26,28,30-33H,6-8,10,12-19,21-24H2,1-5H3,(H,45,48)/t26-,28+,30?,31?,32?,33+,35+/m1/s1/i5D. The lowest BCUT2D eigenvalue weighted by molar-refractivity contribution is -0.374. The highest BCUT2D eigenvalue weighted by Gasteiger charge is 2.69. The van der Waals surface area contributed by atoms with Crippen LogP contribution in [0, 0.1) is 17.3 Å². The molecule has 3 fully saturated rings. The van der Waals surface area contributed by atoms with E-state index in [2.05, 4.69) is 47.1 Å². The molecule has 1 N–H and O–H groups in total. The molecule has 302 valence electrons. The molecule has 0 aromatic heterocycles. The number of likely N-dealkylation sites (N-methyl/N-ethyl adjacent to an activating group) is 2. The lowest BCUT2D eigenvalue weighted by atomic mass is 9.55. The van der Waals surface area contributed by atoms with Gasteiger partial charge in [-0.15, -0.1) is 0 Å². The van der Waals surface area contributed by atoms with E-state index in [-0.39, 0.29) is 57.0 Å². The molecule has 53 heavy (non-hydrogen) atoms. The minimum Gasteiger partial charge on any atom is -0.494 e. The van der Waals surface area contributed by atoms with E-state index in [9.17, 15) is 31.1 Å². The summed E-state index contributed by atoms with van der Waals surface area (Å²) >= 11 is 0. The zero-order valence-corrected chi connectivity index (χ0v) is 33.0. The number of alkyl halides is 6. The first-order valence-electron chi connectivity index (χ1n) is 19.5. The number of likely N-dealkylation sites (tertiary alicyclic amines) is 1. The van der Waals surface area contributed by atoms with E-state index in [4.69, 9.17) is 10.8 Å². The number of carbonyl (C=O) groups excluding carboxylic acids is 1. The molecule has 1 aromatic rings. The SMILES string of the molecule is [2H]CO[C@H]1C[C@H](CSSCCCOc2ccc3c(c2)CCC2C3CC[C@@]3(C)C2CC[C@@H]3NC(=O)CN(C)CCCOC(C)(C(F)(F)F)C(F)(F)F)N(C)C1. The van der Waals surface area contributed by atoms with Gasteiger partial charge in [0, 0.05) is 50.4 Å². The van der Waals surface area contributed by atoms with Crippen molar-refractivity contribution in [1.82, 2.24) is 15.1 Å². The summed E-state index contributed by atoms with van der Waals surface area (Å²) in [6.07, 6.45) is -3.04. The van der Waals surface area contributed by atoms with Gasteiger partial charge in [-0.3, -0.25) is 14.6 Å². The van der Waals surface area contributed by atoms with Crippen LogP contribution in [0.1, 0.15) is 83.6 Å². The lowest BCUT2D eigenvalue weighted by Gasteiger charge is -2.51. The molecule has 4 aliphatic rings. The Bertz CT molecular complexity index is 1380. The van der Waals surface area contributed by atoms with E-state index >= 15 is 0 Å². The third-order valence-electron chi connectivity index (χ3n) is 12.5. The third-order valence-corrected chi connectivity index (χ3v) is 15.0. The molecular weight excluding hydrogens is 741 g/mol. The predicted molar refractivity (Wildman–Crippen MR) is 198 cm³/mol. The third kappa shape index (κ3) is 9.95. The molecule has 5 rings (SSSR count). The summed E-state index contributed by atoms with van der Waals surface area (Å²) in [4.78, 5) is 17.0. The zero-order valence-electron chi connectivity index (χ0n) is 32.3. The summed E-state index contributed by atoms with van der Waals surface area (Å²) in [7, 11) is 7.57. The Morgan fingerprint density at radius 1 is 1.09 bits per heavy atom. The van der Waals surface area contributed by atoms with Crippen molar-refractivity contribution < 1.29 is 46.7 Å². The highest BCUT2D eigenvalue weighted by atomic mass is 33.1. The van der Waals surface area contributed by atoms with Crippen LogP contribution in [-0.2, 0) is 20.7 Å². The minimum absolute atomic E-state index is 0.000391. The van der Waals surface area contributed by atoms with E-state index < -0.39 is 24.6 Å². The van der Waals surface area contributed by atoms with Crippen LogP contribution in [0.3, 0.4) is 0 Å². The summed E-state index contributed by atoms with van der Waals surface area (Å²) in [5, 5.41) is 3.24. The highest BCUT2D eigenvalue weighted by molar-refractivity contribution is 8.76. The second-order valence-corrected chi connectivity index (χ2v) is 18.5. The first kappa shape index (κ1) is 41.2. The molecule has 1 saturated heterocycles. The second-order valence-electron chi connectivity index (χ2n) is 15.9. The van der Waals surface area contributed by atoms with Crippen molar-refractivity contribution in [2.45, 2.75) is 114 Å². The average molecular weight is 799 g/mol.